The minimum atomic E-state index is -0.883. The van der Waals surface area contributed by atoms with E-state index in [0.29, 0.717) is 18.2 Å². The van der Waals surface area contributed by atoms with Crippen LogP contribution in [0.1, 0.15) is 20.0 Å². The first-order valence-electron chi connectivity index (χ1n) is 7.65. The average Bonchev–Trinajstić information content (AvgIpc) is 3.02. The molecule has 1 aliphatic heterocycles. The second-order valence-corrected chi connectivity index (χ2v) is 6.82. The number of hydrogen-bond donors (Lipinski definition) is 0. The van der Waals surface area contributed by atoms with Crippen molar-refractivity contribution < 1.29 is 23.1 Å². The van der Waals surface area contributed by atoms with Crippen LogP contribution in [0.2, 0.25) is 5.15 Å². The quantitative estimate of drug-likeness (QED) is 0.740. The molecule has 0 radical (unpaired) electrons. The van der Waals surface area contributed by atoms with Crippen molar-refractivity contribution in [1.82, 2.24) is 9.88 Å². The fourth-order valence-electron chi connectivity index (χ4n) is 2.61. The fraction of sp³-hybridized carbons (Fsp3) is 0.312. The predicted molar refractivity (Wildman–Crippen MR) is 92.9 cm³/mol. The summed E-state index contributed by atoms with van der Waals surface area (Å²) in [6, 6.07) is 3.32. The topological polar surface area (TPSA) is 62.7 Å². The monoisotopic (exact) mass is 401 g/mol. The Hall–Kier alpha value is -2.26. The van der Waals surface area contributed by atoms with Crippen molar-refractivity contribution in [1.29, 1.82) is 0 Å². The van der Waals surface area contributed by atoms with E-state index in [0.717, 1.165) is 23.5 Å². The van der Waals surface area contributed by atoms with Gasteiger partial charge in [0.25, 0.3) is 5.91 Å². The van der Waals surface area contributed by atoms with E-state index in [9.17, 15) is 18.4 Å². The minimum absolute atomic E-state index is 0.0591. The number of benzene rings is 1. The van der Waals surface area contributed by atoms with E-state index in [1.54, 1.807) is 0 Å². The predicted octanol–water partition coefficient (Wildman–Crippen LogP) is 2.82. The van der Waals surface area contributed by atoms with Gasteiger partial charge in [0, 0.05) is 26.2 Å². The molecule has 0 atom stereocenters. The number of rotatable bonds is 3. The number of methoxy groups -OCH3 is 1. The standard InChI is InChI=1S/C16H14ClF2N3O3S/c1-25-15(24)12-13(17)20-16(26-12)22-7-5-21(6-8-22)14(23)11-9(18)3-2-4-10(11)19/h2-4H,5-8H2,1H3. The molecular weight excluding hydrogens is 388 g/mol. The number of halogens is 3. The third kappa shape index (κ3) is 3.49. The third-order valence-electron chi connectivity index (χ3n) is 3.96. The number of thiazole rings is 1. The van der Waals surface area contributed by atoms with Gasteiger partial charge in [0.1, 0.15) is 17.2 Å². The molecule has 138 valence electrons. The summed E-state index contributed by atoms with van der Waals surface area (Å²) in [5.41, 5.74) is -0.550. The van der Waals surface area contributed by atoms with Gasteiger partial charge in [-0.1, -0.05) is 29.0 Å². The fourth-order valence-corrected chi connectivity index (χ4v) is 3.86. The van der Waals surface area contributed by atoms with E-state index < -0.39 is 29.1 Å². The van der Waals surface area contributed by atoms with Crippen LogP contribution in [0, 0.1) is 11.6 Å². The molecule has 2 aromatic rings. The summed E-state index contributed by atoms with van der Waals surface area (Å²) in [4.78, 5) is 31.6. The van der Waals surface area contributed by atoms with Crippen LogP contribution in [0.15, 0.2) is 18.2 Å². The summed E-state index contributed by atoms with van der Waals surface area (Å²) in [6.07, 6.45) is 0. The summed E-state index contributed by atoms with van der Waals surface area (Å²) in [5, 5.41) is 0.586. The molecule has 0 spiro atoms. The number of carbonyl (C=O) groups is 2. The van der Waals surface area contributed by atoms with Gasteiger partial charge in [0.05, 0.1) is 7.11 Å². The van der Waals surface area contributed by atoms with Crippen LogP contribution in [0.5, 0.6) is 0 Å². The summed E-state index contributed by atoms with van der Waals surface area (Å²) in [6.45, 7) is 1.31. The van der Waals surface area contributed by atoms with Crippen molar-refractivity contribution in [3.05, 3.63) is 45.4 Å². The number of carbonyl (C=O) groups excluding carboxylic acids is 2. The van der Waals surface area contributed by atoms with E-state index >= 15 is 0 Å². The Morgan fingerprint density at radius 1 is 1.19 bits per heavy atom. The number of hydrogen-bond acceptors (Lipinski definition) is 6. The first kappa shape index (κ1) is 18.5. The molecule has 26 heavy (non-hydrogen) atoms. The maximum atomic E-state index is 13.8. The lowest BCUT2D eigenvalue weighted by Crippen LogP contribution is -2.49. The molecule has 6 nitrogen and oxygen atoms in total. The van der Waals surface area contributed by atoms with Crippen molar-refractivity contribution in [2.75, 3.05) is 38.2 Å². The number of anilines is 1. The molecule has 1 amide bonds. The van der Waals surface area contributed by atoms with Gasteiger partial charge in [0.15, 0.2) is 15.2 Å². The second-order valence-electron chi connectivity index (χ2n) is 5.48. The molecule has 0 aliphatic carbocycles. The smallest absolute Gasteiger partial charge is 0.351 e. The lowest BCUT2D eigenvalue weighted by molar-refractivity contribution is 0.0605. The van der Waals surface area contributed by atoms with Crippen molar-refractivity contribution >= 4 is 39.9 Å². The van der Waals surface area contributed by atoms with Crippen LogP contribution in [0.25, 0.3) is 0 Å². The Labute approximate surface area is 156 Å². The number of aromatic nitrogens is 1. The molecule has 1 aliphatic rings. The highest BCUT2D eigenvalue weighted by atomic mass is 35.5. The van der Waals surface area contributed by atoms with Crippen molar-refractivity contribution in [3.63, 3.8) is 0 Å². The van der Waals surface area contributed by atoms with Crippen LogP contribution >= 0.6 is 22.9 Å². The second kappa shape index (κ2) is 7.55. The number of amides is 1. The minimum Gasteiger partial charge on any atom is -0.465 e. The van der Waals surface area contributed by atoms with Gasteiger partial charge in [-0.25, -0.2) is 18.6 Å². The van der Waals surface area contributed by atoms with Crippen LogP contribution < -0.4 is 4.90 Å². The van der Waals surface area contributed by atoms with Gasteiger partial charge in [-0.3, -0.25) is 4.79 Å². The van der Waals surface area contributed by atoms with E-state index in [4.69, 9.17) is 11.6 Å². The maximum absolute atomic E-state index is 13.8. The first-order valence-corrected chi connectivity index (χ1v) is 8.84. The van der Waals surface area contributed by atoms with Gasteiger partial charge in [-0.2, -0.15) is 0 Å². The highest BCUT2D eigenvalue weighted by Gasteiger charge is 2.28. The van der Waals surface area contributed by atoms with Crippen LogP contribution in [-0.2, 0) is 4.74 Å². The van der Waals surface area contributed by atoms with E-state index in [-0.39, 0.29) is 23.1 Å². The largest absolute Gasteiger partial charge is 0.465 e. The Morgan fingerprint density at radius 2 is 1.81 bits per heavy atom. The zero-order valence-electron chi connectivity index (χ0n) is 13.7. The van der Waals surface area contributed by atoms with Gasteiger partial charge < -0.3 is 14.5 Å². The van der Waals surface area contributed by atoms with Crippen molar-refractivity contribution in [2.45, 2.75) is 0 Å². The van der Waals surface area contributed by atoms with Gasteiger partial charge in [0.2, 0.25) is 0 Å². The van der Waals surface area contributed by atoms with E-state index in [2.05, 4.69) is 9.72 Å². The van der Waals surface area contributed by atoms with Crippen molar-refractivity contribution in [2.24, 2.45) is 0 Å². The molecule has 1 saturated heterocycles. The summed E-state index contributed by atoms with van der Waals surface area (Å²) >= 11 is 7.05. The number of piperazine rings is 1. The summed E-state index contributed by atoms with van der Waals surface area (Å²) in [7, 11) is 1.25. The molecule has 1 aromatic heterocycles. The highest BCUT2D eigenvalue weighted by Crippen LogP contribution is 2.31. The van der Waals surface area contributed by atoms with Gasteiger partial charge >= 0.3 is 5.97 Å². The van der Waals surface area contributed by atoms with E-state index in [1.807, 2.05) is 4.90 Å². The molecule has 3 rings (SSSR count). The first-order chi connectivity index (χ1) is 12.4. The average molecular weight is 402 g/mol. The summed E-state index contributed by atoms with van der Waals surface area (Å²) in [5.74, 6) is -3.02. The van der Waals surface area contributed by atoms with E-state index in [1.165, 1.54) is 18.1 Å². The molecule has 2 heterocycles. The van der Waals surface area contributed by atoms with Gasteiger partial charge in [-0.05, 0) is 12.1 Å². The Bertz CT molecular complexity index is 833. The highest BCUT2D eigenvalue weighted by molar-refractivity contribution is 7.18. The molecule has 0 saturated carbocycles. The Kier molecular flexibility index (Phi) is 5.38. The molecule has 10 heteroatoms. The number of ether oxygens (including phenoxy) is 1. The normalized spacial score (nSPS) is 14.5. The van der Waals surface area contributed by atoms with Gasteiger partial charge in [-0.15, -0.1) is 0 Å². The zero-order chi connectivity index (χ0) is 18.8. The Balaban J connectivity index is 1.70. The third-order valence-corrected chi connectivity index (χ3v) is 5.44. The van der Waals surface area contributed by atoms with Crippen LogP contribution in [0.4, 0.5) is 13.9 Å². The molecule has 1 aromatic carbocycles. The lowest BCUT2D eigenvalue weighted by Gasteiger charge is -2.34. The van der Waals surface area contributed by atoms with Crippen molar-refractivity contribution in [3.8, 4) is 0 Å². The SMILES string of the molecule is COC(=O)c1sc(N2CCN(C(=O)c3c(F)cccc3F)CC2)nc1Cl. The molecule has 0 unspecified atom stereocenters. The summed E-state index contributed by atoms with van der Waals surface area (Å²) < 4.78 is 32.2. The zero-order valence-corrected chi connectivity index (χ0v) is 15.2. The molecular formula is C16H14ClF2N3O3S. The maximum Gasteiger partial charge on any atom is 0.351 e. The molecule has 1 fully saturated rings. The number of nitrogens with zero attached hydrogens (tertiary/aromatic N) is 3. The number of esters is 1. The van der Waals surface area contributed by atoms with Crippen LogP contribution in [-0.4, -0.2) is 55.0 Å². The van der Waals surface area contributed by atoms with Crippen LogP contribution in [0.3, 0.4) is 0 Å². The lowest BCUT2D eigenvalue weighted by atomic mass is 10.1. The molecule has 0 N–H and O–H groups in total. The molecule has 0 bridgehead atoms. The Morgan fingerprint density at radius 3 is 2.38 bits per heavy atom.